The van der Waals surface area contributed by atoms with Crippen LogP contribution >= 0.6 is 0 Å². The average molecular weight is 621 g/mol. The van der Waals surface area contributed by atoms with Crippen LogP contribution < -0.4 is 10.6 Å². The number of rotatable bonds is 14. The van der Waals surface area contributed by atoms with E-state index < -0.39 is 60.5 Å². The van der Waals surface area contributed by atoms with Crippen molar-refractivity contribution in [1.29, 1.82) is 0 Å². The standard InChI is InChI=1S/C34H40N2O9/c37-17-25-16-24(20-43-25)35-33(41)31(44-18-21-9-3-1-4-10-21)29(39)30(40)32(45-19-22-11-5-2-6-12-22)34(42)36-28-26-14-8-7-13-23(26)15-27(28)38/h1-14,24-25,27-32,37-40H,15-20H2,(H,35,41)(H,36,42). The predicted molar refractivity (Wildman–Crippen MR) is 162 cm³/mol. The maximum Gasteiger partial charge on any atom is 0.252 e. The zero-order chi connectivity index (χ0) is 31.8. The fourth-order valence-electron chi connectivity index (χ4n) is 5.74. The topological polar surface area (TPSA) is 167 Å². The van der Waals surface area contributed by atoms with Crippen molar-refractivity contribution in [3.63, 3.8) is 0 Å². The Labute approximate surface area is 261 Å². The van der Waals surface area contributed by atoms with Gasteiger partial charge in [0.1, 0.15) is 12.2 Å². The number of hydrogen-bond acceptors (Lipinski definition) is 9. The molecule has 45 heavy (non-hydrogen) atoms. The lowest BCUT2D eigenvalue weighted by molar-refractivity contribution is -0.171. The van der Waals surface area contributed by atoms with Crippen LogP contribution in [-0.4, -0.2) is 88.1 Å². The molecule has 8 atom stereocenters. The van der Waals surface area contributed by atoms with Crippen LogP contribution in [0, 0.1) is 0 Å². The zero-order valence-corrected chi connectivity index (χ0v) is 24.8. The number of benzene rings is 3. The maximum atomic E-state index is 13.7. The first-order valence-corrected chi connectivity index (χ1v) is 15.1. The van der Waals surface area contributed by atoms with Gasteiger partial charge in [0, 0.05) is 6.42 Å². The third-order valence-electron chi connectivity index (χ3n) is 8.16. The molecule has 1 aliphatic carbocycles. The quantitative estimate of drug-likeness (QED) is 0.154. The van der Waals surface area contributed by atoms with Crippen LogP contribution in [0.15, 0.2) is 84.9 Å². The van der Waals surface area contributed by atoms with Crippen molar-refractivity contribution in [2.45, 2.75) is 74.8 Å². The number of ether oxygens (including phenoxy) is 3. The van der Waals surface area contributed by atoms with E-state index in [0.29, 0.717) is 12.8 Å². The summed E-state index contributed by atoms with van der Waals surface area (Å²) in [6.07, 6.45) is -7.64. The molecule has 0 saturated carbocycles. The second-order valence-electron chi connectivity index (χ2n) is 11.5. The van der Waals surface area contributed by atoms with Crippen LogP contribution in [-0.2, 0) is 43.4 Å². The van der Waals surface area contributed by atoms with E-state index in [4.69, 9.17) is 14.2 Å². The summed E-state index contributed by atoms with van der Waals surface area (Å²) >= 11 is 0. The van der Waals surface area contributed by atoms with Crippen molar-refractivity contribution in [3.05, 3.63) is 107 Å². The molecule has 2 amide bonds. The van der Waals surface area contributed by atoms with Crippen molar-refractivity contribution in [2.75, 3.05) is 13.2 Å². The molecule has 11 heteroatoms. The molecule has 1 saturated heterocycles. The number of carbonyl (C=O) groups is 2. The highest BCUT2D eigenvalue weighted by molar-refractivity contribution is 5.84. The van der Waals surface area contributed by atoms with Crippen molar-refractivity contribution < 1.29 is 44.2 Å². The molecule has 5 rings (SSSR count). The molecule has 6 N–H and O–H groups in total. The van der Waals surface area contributed by atoms with E-state index >= 15 is 0 Å². The highest BCUT2D eigenvalue weighted by Crippen LogP contribution is 2.31. The summed E-state index contributed by atoms with van der Waals surface area (Å²) in [6.45, 7) is -0.166. The molecule has 3 aromatic rings. The number of carbonyl (C=O) groups excluding carboxylic acids is 2. The summed E-state index contributed by atoms with van der Waals surface area (Å²) in [5.41, 5.74) is 3.09. The Hall–Kier alpha value is -3.68. The first-order valence-electron chi connectivity index (χ1n) is 15.1. The number of fused-ring (bicyclic) bond motifs is 1. The van der Waals surface area contributed by atoms with Gasteiger partial charge in [-0.1, -0.05) is 84.9 Å². The van der Waals surface area contributed by atoms with Gasteiger partial charge in [-0.15, -0.1) is 0 Å². The molecule has 0 bridgehead atoms. The number of nitrogens with one attached hydrogen (secondary N) is 2. The minimum atomic E-state index is -1.90. The Balaban J connectivity index is 1.36. The Morgan fingerprint density at radius 3 is 1.89 bits per heavy atom. The molecule has 8 unspecified atom stereocenters. The van der Waals surface area contributed by atoms with Gasteiger partial charge < -0.3 is 45.3 Å². The van der Waals surface area contributed by atoms with Gasteiger partial charge in [-0.05, 0) is 28.7 Å². The Morgan fingerprint density at radius 2 is 1.33 bits per heavy atom. The summed E-state index contributed by atoms with van der Waals surface area (Å²) in [5, 5.41) is 48.7. The maximum absolute atomic E-state index is 13.7. The lowest BCUT2D eigenvalue weighted by Gasteiger charge is -2.32. The predicted octanol–water partition coefficient (Wildman–Crippen LogP) is 0.920. The number of aliphatic hydroxyl groups is 4. The van der Waals surface area contributed by atoms with Gasteiger partial charge in [0.25, 0.3) is 11.8 Å². The largest absolute Gasteiger partial charge is 0.394 e. The fourth-order valence-corrected chi connectivity index (χ4v) is 5.74. The highest BCUT2D eigenvalue weighted by Gasteiger charge is 2.43. The normalized spacial score (nSPS) is 23.5. The zero-order valence-electron chi connectivity index (χ0n) is 24.8. The molecule has 1 fully saturated rings. The van der Waals surface area contributed by atoms with Crippen LogP contribution in [0.1, 0.15) is 34.7 Å². The molecule has 0 spiro atoms. The van der Waals surface area contributed by atoms with E-state index in [0.717, 1.165) is 22.3 Å². The molecule has 0 aromatic heterocycles. The van der Waals surface area contributed by atoms with Gasteiger partial charge in [-0.2, -0.15) is 0 Å². The molecule has 3 aromatic carbocycles. The van der Waals surface area contributed by atoms with Crippen LogP contribution in [0.5, 0.6) is 0 Å². The van der Waals surface area contributed by atoms with E-state index in [2.05, 4.69) is 10.6 Å². The first-order chi connectivity index (χ1) is 21.8. The third kappa shape index (κ3) is 8.33. The Morgan fingerprint density at radius 1 is 0.800 bits per heavy atom. The lowest BCUT2D eigenvalue weighted by Crippen LogP contribution is -2.57. The van der Waals surface area contributed by atoms with Gasteiger partial charge in [0.15, 0.2) is 12.2 Å². The smallest absolute Gasteiger partial charge is 0.252 e. The van der Waals surface area contributed by atoms with Crippen molar-refractivity contribution in [2.24, 2.45) is 0 Å². The van der Waals surface area contributed by atoms with E-state index in [-0.39, 0.29) is 26.4 Å². The summed E-state index contributed by atoms with van der Waals surface area (Å²) in [5.74, 6) is -1.48. The lowest BCUT2D eigenvalue weighted by atomic mass is 9.99. The second-order valence-corrected chi connectivity index (χ2v) is 11.5. The van der Waals surface area contributed by atoms with Crippen molar-refractivity contribution >= 4 is 11.8 Å². The first kappa shape index (κ1) is 32.7. The van der Waals surface area contributed by atoms with E-state index in [1.807, 2.05) is 36.4 Å². The highest BCUT2D eigenvalue weighted by atomic mass is 16.5. The van der Waals surface area contributed by atoms with Crippen LogP contribution in [0.25, 0.3) is 0 Å². The van der Waals surface area contributed by atoms with Gasteiger partial charge in [-0.25, -0.2) is 0 Å². The van der Waals surface area contributed by atoms with Gasteiger partial charge in [0.05, 0.1) is 50.7 Å². The second kappa shape index (κ2) is 15.5. The summed E-state index contributed by atoms with van der Waals surface area (Å²) in [7, 11) is 0. The molecule has 2 aliphatic rings. The molecule has 240 valence electrons. The van der Waals surface area contributed by atoms with Gasteiger partial charge >= 0.3 is 0 Å². The van der Waals surface area contributed by atoms with E-state index in [1.54, 1.807) is 48.5 Å². The fraction of sp³-hybridized carbons (Fsp3) is 0.412. The van der Waals surface area contributed by atoms with E-state index in [9.17, 15) is 30.0 Å². The van der Waals surface area contributed by atoms with Gasteiger partial charge in [0.2, 0.25) is 0 Å². The SMILES string of the molecule is O=C(NC1COC(CO)C1)C(OCc1ccccc1)C(O)C(O)C(OCc1ccccc1)C(=O)NC1c2ccccc2CC1O. The third-order valence-corrected chi connectivity index (χ3v) is 8.16. The Kier molecular flexibility index (Phi) is 11.3. The average Bonchev–Trinajstić information content (AvgIpc) is 3.65. The summed E-state index contributed by atoms with van der Waals surface area (Å²) < 4.78 is 17.3. The number of hydrogen-bond donors (Lipinski definition) is 6. The molecular weight excluding hydrogens is 580 g/mol. The van der Waals surface area contributed by atoms with Gasteiger partial charge in [-0.3, -0.25) is 9.59 Å². The summed E-state index contributed by atoms with van der Waals surface area (Å²) in [4.78, 5) is 27.2. The van der Waals surface area contributed by atoms with Crippen LogP contribution in [0.2, 0.25) is 0 Å². The van der Waals surface area contributed by atoms with Crippen LogP contribution in [0.4, 0.5) is 0 Å². The van der Waals surface area contributed by atoms with Crippen LogP contribution in [0.3, 0.4) is 0 Å². The number of amides is 2. The molecule has 11 nitrogen and oxygen atoms in total. The summed E-state index contributed by atoms with van der Waals surface area (Å²) in [6, 6.07) is 24.2. The van der Waals surface area contributed by atoms with E-state index in [1.165, 1.54) is 0 Å². The Bertz CT molecular complexity index is 1390. The van der Waals surface area contributed by atoms with Crippen molar-refractivity contribution in [3.8, 4) is 0 Å². The molecule has 1 heterocycles. The van der Waals surface area contributed by atoms with Crippen molar-refractivity contribution in [1.82, 2.24) is 10.6 Å². The molecular formula is C34H40N2O9. The monoisotopic (exact) mass is 620 g/mol. The minimum Gasteiger partial charge on any atom is -0.394 e. The molecule has 1 aliphatic heterocycles. The minimum absolute atomic E-state index is 0.0596. The number of aliphatic hydroxyl groups excluding tert-OH is 4. The molecule has 0 radical (unpaired) electrons.